The van der Waals surface area contributed by atoms with E-state index in [1.165, 1.54) is 12.1 Å². The van der Waals surface area contributed by atoms with Crippen molar-refractivity contribution in [3.63, 3.8) is 0 Å². The van der Waals surface area contributed by atoms with Crippen LogP contribution in [-0.4, -0.2) is 26.9 Å². The zero-order valence-electron chi connectivity index (χ0n) is 14.3. The van der Waals surface area contributed by atoms with Crippen LogP contribution in [0, 0.1) is 5.82 Å². The lowest BCUT2D eigenvalue weighted by molar-refractivity contribution is 0.0577. The predicted molar refractivity (Wildman–Crippen MR) is 94.1 cm³/mol. The summed E-state index contributed by atoms with van der Waals surface area (Å²) in [6.07, 6.45) is 8.15. The molecule has 0 spiro atoms. The van der Waals surface area contributed by atoms with E-state index in [-0.39, 0.29) is 17.8 Å². The lowest BCUT2D eigenvalue weighted by atomic mass is 9.95. The van der Waals surface area contributed by atoms with Crippen LogP contribution in [-0.2, 0) is 6.54 Å². The monoisotopic (exact) mass is 353 g/mol. The number of hydrogen-bond acceptors (Lipinski definition) is 3. The molecular weight excluding hydrogens is 333 g/mol. The standard InChI is InChI=1S/C20H20FN3O2/c21-16-6-4-15(5-7-16)18-3-1-2-11-24(18)20(25)19-9-8-17(26-19)13-23-12-10-22-14-23/h4-10,12,14,18H,1-3,11,13H2/t18-/m1/s1. The highest BCUT2D eigenvalue weighted by atomic mass is 19.1. The molecule has 1 amide bonds. The average Bonchev–Trinajstić information content (AvgIpc) is 3.34. The first-order chi connectivity index (χ1) is 12.7. The van der Waals surface area contributed by atoms with Gasteiger partial charge in [0.1, 0.15) is 11.6 Å². The zero-order valence-corrected chi connectivity index (χ0v) is 14.3. The van der Waals surface area contributed by atoms with Gasteiger partial charge in [0.05, 0.1) is 18.9 Å². The van der Waals surface area contributed by atoms with Gasteiger partial charge in [-0.2, -0.15) is 0 Å². The second-order valence-electron chi connectivity index (χ2n) is 6.56. The second-order valence-corrected chi connectivity index (χ2v) is 6.56. The van der Waals surface area contributed by atoms with Crippen LogP contribution in [0.25, 0.3) is 0 Å². The van der Waals surface area contributed by atoms with Gasteiger partial charge in [0.2, 0.25) is 0 Å². The molecule has 5 nitrogen and oxygen atoms in total. The number of piperidine rings is 1. The molecule has 134 valence electrons. The third-order valence-corrected chi connectivity index (χ3v) is 4.79. The van der Waals surface area contributed by atoms with Crippen LogP contribution in [0.4, 0.5) is 4.39 Å². The van der Waals surface area contributed by atoms with E-state index in [1.807, 2.05) is 21.7 Å². The fraction of sp³-hybridized carbons (Fsp3) is 0.300. The Balaban J connectivity index is 1.53. The van der Waals surface area contributed by atoms with E-state index < -0.39 is 0 Å². The minimum atomic E-state index is -0.266. The van der Waals surface area contributed by atoms with Crippen LogP contribution in [0.5, 0.6) is 0 Å². The number of nitrogens with zero attached hydrogens (tertiary/aromatic N) is 3. The van der Waals surface area contributed by atoms with Crippen LogP contribution in [0.2, 0.25) is 0 Å². The van der Waals surface area contributed by atoms with E-state index in [0.717, 1.165) is 24.8 Å². The molecule has 1 fully saturated rings. The number of carbonyl (C=O) groups is 1. The Morgan fingerprint density at radius 1 is 1.19 bits per heavy atom. The van der Waals surface area contributed by atoms with E-state index in [9.17, 15) is 9.18 Å². The molecule has 1 aliphatic rings. The number of aromatic nitrogens is 2. The van der Waals surface area contributed by atoms with Gasteiger partial charge in [-0.05, 0) is 49.1 Å². The van der Waals surface area contributed by atoms with Gasteiger partial charge < -0.3 is 13.9 Å². The summed E-state index contributed by atoms with van der Waals surface area (Å²) in [6.45, 7) is 1.22. The van der Waals surface area contributed by atoms with E-state index in [1.54, 1.807) is 30.7 Å². The van der Waals surface area contributed by atoms with Crippen molar-refractivity contribution in [1.82, 2.24) is 14.5 Å². The molecule has 1 atom stereocenters. The number of benzene rings is 1. The summed E-state index contributed by atoms with van der Waals surface area (Å²) in [4.78, 5) is 18.9. The second kappa shape index (κ2) is 7.15. The van der Waals surface area contributed by atoms with Crippen molar-refractivity contribution in [2.24, 2.45) is 0 Å². The number of carbonyl (C=O) groups excluding carboxylic acids is 1. The number of furan rings is 1. The molecule has 0 N–H and O–H groups in total. The highest BCUT2D eigenvalue weighted by Gasteiger charge is 2.30. The van der Waals surface area contributed by atoms with E-state index in [2.05, 4.69) is 4.98 Å². The third kappa shape index (κ3) is 3.40. The number of rotatable bonds is 4. The van der Waals surface area contributed by atoms with Gasteiger partial charge in [0, 0.05) is 18.9 Å². The molecule has 0 radical (unpaired) electrons. The molecule has 3 heterocycles. The molecule has 1 aliphatic heterocycles. The summed E-state index contributed by atoms with van der Waals surface area (Å²) >= 11 is 0. The Labute approximate surface area is 151 Å². The fourth-order valence-corrected chi connectivity index (χ4v) is 3.49. The summed E-state index contributed by atoms with van der Waals surface area (Å²) in [5.41, 5.74) is 0.963. The number of imidazole rings is 1. The molecule has 2 aromatic heterocycles. The number of halogens is 1. The largest absolute Gasteiger partial charge is 0.454 e. The van der Waals surface area contributed by atoms with Gasteiger partial charge in [-0.3, -0.25) is 4.79 Å². The maximum absolute atomic E-state index is 13.2. The molecule has 0 unspecified atom stereocenters. The minimum absolute atomic E-state index is 0.0425. The summed E-state index contributed by atoms with van der Waals surface area (Å²) in [5.74, 6) is 0.671. The van der Waals surface area contributed by atoms with Crippen molar-refractivity contribution in [3.05, 3.63) is 78.0 Å². The molecule has 1 aromatic carbocycles. The Bertz CT molecular complexity index is 871. The molecule has 3 aromatic rings. The molecule has 0 saturated carbocycles. The molecule has 0 aliphatic carbocycles. The van der Waals surface area contributed by atoms with Crippen LogP contribution in [0.1, 0.15) is 47.2 Å². The van der Waals surface area contributed by atoms with Crippen molar-refractivity contribution >= 4 is 5.91 Å². The highest BCUT2D eigenvalue weighted by Crippen LogP contribution is 2.32. The van der Waals surface area contributed by atoms with Gasteiger partial charge in [-0.15, -0.1) is 0 Å². The molecule has 6 heteroatoms. The quantitative estimate of drug-likeness (QED) is 0.711. The SMILES string of the molecule is O=C(c1ccc(Cn2ccnc2)o1)N1CCCC[C@@H]1c1ccc(F)cc1. The van der Waals surface area contributed by atoms with Gasteiger partial charge in [0.15, 0.2) is 5.76 Å². The van der Waals surface area contributed by atoms with Gasteiger partial charge >= 0.3 is 0 Å². The summed E-state index contributed by atoms with van der Waals surface area (Å²) in [7, 11) is 0. The van der Waals surface area contributed by atoms with Crippen LogP contribution >= 0.6 is 0 Å². The maximum Gasteiger partial charge on any atom is 0.290 e. The Kier molecular flexibility index (Phi) is 4.56. The van der Waals surface area contributed by atoms with Crippen LogP contribution < -0.4 is 0 Å². The Morgan fingerprint density at radius 2 is 2.04 bits per heavy atom. The molecule has 1 saturated heterocycles. The van der Waals surface area contributed by atoms with Gasteiger partial charge in [-0.25, -0.2) is 9.37 Å². The van der Waals surface area contributed by atoms with E-state index in [0.29, 0.717) is 24.6 Å². The molecular formula is C20H20FN3O2. The predicted octanol–water partition coefficient (Wildman–Crippen LogP) is 4.03. The van der Waals surface area contributed by atoms with Crippen molar-refractivity contribution < 1.29 is 13.6 Å². The average molecular weight is 353 g/mol. The minimum Gasteiger partial charge on any atom is -0.454 e. The first-order valence-corrected chi connectivity index (χ1v) is 8.81. The summed E-state index contributed by atoms with van der Waals surface area (Å²) in [6, 6.07) is 9.93. The fourth-order valence-electron chi connectivity index (χ4n) is 3.49. The van der Waals surface area contributed by atoms with Crippen molar-refractivity contribution in [2.75, 3.05) is 6.54 Å². The number of likely N-dealkylation sites (tertiary alicyclic amines) is 1. The lowest BCUT2D eigenvalue weighted by Crippen LogP contribution is -2.38. The Hall–Kier alpha value is -2.89. The third-order valence-electron chi connectivity index (χ3n) is 4.79. The lowest BCUT2D eigenvalue weighted by Gasteiger charge is -2.35. The van der Waals surface area contributed by atoms with E-state index >= 15 is 0 Å². The topological polar surface area (TPSA) is 51.3 Å². The molecule has 0 bridgehead atoms. The van der Waals surface area contributed by atoms with Gasteiger partial charge in [-0.1, -0.05) is 12.1 Å². The molecule has 26 heavy (non-hydrogen) atoms. The van der Waals surface area contributed by atoms with Gasteiger partial charge in [0.25, 0.3) is 5.91 Å². The zero-order chi connectivity index (χ0) is 17.9. The van der Waals surface area contributed by atoms with Crippen LogP contribution in [0.3, 0.4) is 0 Å². The molecule has 4 rings (SSSR count). The summed E-state index contributed by atoms with van der Waals surface area (Å²) < 4.78 is 20.9. The first kappa shape index (κ1) is 16.6. The maximum atomic E-state index is 13.2. The number of hydrogen-bond donors (Lipinski definition) is 0. The van der Waals surface area contributed by atoms with Crippen molar-refractivity contribution in [2.45, 2.75) is 31.8 Å². The smallest absolute Gasteiger partial charge is 0.290 e. The Morgan fingerprint density at radius 3 is 2.81 bits per heavy atom. The van der Waals surface area contributed by atoms with Crippen LogP contribution in [0.15, 0.2) is 59.5 Å². The van der Waals surface area contributed by atoms with Crippen molar-refractivity contribution in [1.29, 1.82) is 0 Å². The first-order valence-electron chi connectivity index (χ1n) is 8.81. The normalized spacial score (nSPS) is 17.4. The van der Waals surface area contributed by atoms with Crippen molar-refractivity contribution in [3.8, 4) is 0 Å². The highest BCUT2D eigenvalue weighted by molar-refractivity contribution is 5.92. The number of amides is 1. The van der Waals surface area contributed by atoms with E-state index in [4.69, 9.17) is 4.42 Å². The summed E-state index contributed by atoms with van der Waals surface area (Å²) in [5, 5.41) is 0.